The minimum atomic E-state index is -3.42. The monoisotopic (exact) mass is 309 g/mol. The molecule has 114 valence electrons. The van der Waals surface area contributed by atoms with E-state index in [-0.39, 0.29) is 12.3 Å². The molecule has 0 radical (unpaired) electrons. The average Bonchev–Trinajstić information content (AvgIpc) is 2.94. The number of benzene rings is 1. The molecule has 1 unspecified atom stereocenters. The third-order valence-electron chi connectivity index (χ3n) is 3.61. The number of carbonyl (C=O) groups is 1. The number of carboxylic acids is 1. The third kappa shape index (κ3) is 4.68. The highest BCUT2D eigenvalue weighted by molar-refractivity contribution is 7.92. The number of hydrogen-bond acceptors (Lipinski definition) is 3. The van der Waals surface area contributed by atoms with Gasteiger partial charge in [0.25, 0.3) is 0 Å². The maximum atomic E-state index is 12.2. The van der Waals surface area contributed by atoms with Gasteiger partial charge in [-0.1, -0.05) is 30.3 Å². The first kappa shape index (κ1) is 15.7. The Kier molecular flexibility index (Phi) is 5.14. The fraction of sp³-hybridized carbons (Fsp3) is 0.400. The van der Waals surface area contributed by atoms with Gasteiger partial charge >= 0.3 is 5.97 Å². The molecule has 0 spiro atoms. The Hall–Kier alpha value is -1.66. The molecule has 0 amide bonds. The van der Waals surface area contributed by atoms with Crippen LogP contribution in [0.25, 0.3) is 6.08 Å². The van der Waals surface area contributed by atoms with E-state index in [0.717, 1.165) is 12.0 Å². The van der Waals surface area contributed by atoms with E-state index in [1.165, 1.54) is 9.71 Å². The molecule has 1 aliphatic rings. The Morgan fingerprint density at radius 3 is 2.71 bits per heavy atom. The van der Waals surface area contributed by atoms with Crippen LogP contribution in [0.5, 0.6) is 0 Å². The highest BCUT2D eigenvalue weighted by Gasteiger charge is 2.29. The summed E-state index contributed by atoms with van der Waals surface area (Å²) in [5, 5.41) is 9.89. The van der Waals surface area contributed by atoms with Crippen LogP contribution in [0.4, 0.5) is 0 Å². The summed E-state index contributed by atoms with van der Waals surface area (Å²) in [7, 11) is -3.42. The van der Waals surface area contributed by atoms with Gasteiger partial charge < -0.3 is 5.11 Å². The largest absolute Gasteiger partial charge is 0.481 e. The maximum Gasteiger partial charge on any atom is 0.303 e. The zero-order valence-corrected chi connectivity index (χ0v) is 12.5. The van der Waals surface area contributed by atoms with Crippen molar-refractivity contribution in [3.8, 4) is 0 Å². The second kappa shape index (κ2) is 6.87. The zero-order valence-electron chi connectivity index (χ0n) is 11.7. The van der Waals surface area contributed by atoms with Crippen molar-refractivity contribution in [1.82, 2.24) is 4.31 Å². The van der Waals surface area contributed by atoms with Gasteiger partial charge in [-0.3, -0.25) is 4.79 Å². The van der Waals surface area contributed by atoms with Gasteiger partial charge in [0, 0.05) is 24.9 Å². The van der Waals surface area contributed by atoms with E-state index in [1.54, 1.807) is 6.08 Å². The molecule has 6 heteroatoms. The lowest BCUT2D eigenvalue weighted by Gasteiger charge is -2.13. The molecule has 0 aliphatic carbocycles. The van der Waals surface area contributed by atoms with Crippen LogP contribution in [0.2, 0.25) is 0 Å². The van der Waals surface area contributed by atoms with E-state index in [9.17, 15) is 13.2 Å². The van der Waals surface area contributed by atoms with E-state index in [2.05, 4.69) is 0 Å². The minimum Gasteiger partial charge on any atom is -0.481 e. The van der Waals surface area contributed by atoms with Crippen molar-refractivity contribution in [2.45, 2.75) is 19.3 Å². The standard InChI is InChI=1S/C15H19NO4S/c17-15(18)7-6-14-8-10-16(12-14)21(19,20)11-9-13-4-2-1-3-5-13/h1-5,9,11,14H,6-8,10,12H2,(H,17,18)/b11-9+. The van der Waals surface area contributed by atoms with Crippen LogP contribution in [0.1, 0.15) is 24.8 Å². The summed E-state index contributed by atoms with van der Waals surface area (Å²) in [5.74, 6) is -0.693. The molecule has 21 heavy (non-hydrogen) atoms. The van der Waals surface area contributed by atoms with E-state index in [1.807, 2.05) is 30.3 Å². The summed E-state index contributed by atoms with van der Waals surface area (Å²) in [5.41, 5.74) is 0.836. The molecule has 1 aromatic rings. The van der Waals surface area contributed by atoms with E-state index in [4.69, 9.17) is 5.11 Å². The second-order valence-corrected chi connectivity index (χ2v) is 7.02. The highest BCUT2D eigenvalue weighted by Crippen LogP contribution is 2.24. The first-order chi connectivity index (χ1) is 9.97. The SMILES string of the molecule is O=C(O)CCC1CCN(S(=O)(=O)/C=C/c2ccccc2)C1. The van der Waals surface area contributed by atoms with Crippen molar-refractivity contribution in [3.63, 3.8) is 0 Å². The maximum absolute atomic E-state index is 12.2. The minimum absolute atomic E-state index is 0.0956. The number of carboxylic acid groups (broad SMARTS) is 1. The van der Waals surface area contributed by atoms with Gasteiger partial charge in [0.2, 0.25) is 10.0 Å². The first-order valence-electron chi connectivity index (χ1n) is 6.92. The van der Waals surface area contributed by atoms with Crippen molar-refractivity contribution in [3.05, 3.63) is 41.3 Å². The van der Waals surface area contributed by atoms with Gasteiger partial charge in [0.05, 0.1) is 0 Å². The van der Waals surface area contributed by atoms with Crippen molar-refractivity contribution in [2.75, 3.05) is 13.1 Å². The summed E-state index contributed by atoms with van der Waals surface area (Å²) in [4.78, 5) is 10.6. The summed E-state index contributed by atoms with van der Waals surface area (Å²) >= 11 is 0. The Bertz CT molecular complexity index is 610. The van der Waals surface area contributed by atoms with Crippen LogP contribution < -0.4 is 0 Å². The van der Waals surface area contributed by atoms with Crippen molar-refractivity contribution in [2.24, 2.45) is 5.92 Å². The van der Waals surface area contributed by atoms with Crippen LogP contribution in [-0.4, -0.2) is 36.9 Å². The Labute approximate surface area is 124 Å². The smallest absolute Gasteiger partial charge is 0.303 e. The topological polar surface area (TPSA) is 74.7 Å². The first-order valence-corrected chi connectivity index (χ1v) is 8.43. The zero-order chi connectivity index (χ0) is 15.3. The molecule has 0 saturated carbocycles. The summed E-state index contributed by atoms with van der Waals surface area (Å²) in [6.07, 6.45) is 2.94. The molecule has 1 atom stereocenters. The van der Waals surface area contributed by atoms with Gasteiger partial charge in [-0.2, -0.15) is 4.31 Å². The lowest BCUT2D eigenvalue weighted by Crippen LogP contribution is -2.26. The molecule has 5 nitrogen and oxygen atoms in total. The number of hydrogen-bond donors (Lipinski definition) is 1. The van der Waals surface area contributed by atoms with Gasteiger partial charge in [-0.25, -0.2) is 8.42 Å². The lowest BCUT2D eigenvalue weighted by molar-refractivity contribution is -0.137. The molecule has 1 aromatic carbocycles. The summed E-state index contributed by atoms with van der Waals surface area (Å²) in [6, 6.07) is 9.25. The lowest BCUT2D eigenvalue weighted by atomic mass is 10.0. The molecule has 1 aliphatic heterocycles. The van der Waals surface area contributed by atoms with E-state index < -0.39 is 16.0 Å². The van der Waals surface area contributed by atoms with Crippen LogP contribution in [0.3, 0.4) is 0 Å². The molecule has 0 aromatic heterocycles. The third-order valence-corrected chi connectivity index (χ3v) is 5.14. The predicted octanol–water partition coefficient (Wildman–Crippen LogP) is 2.17. The van der Waals surface area contributed by atoms with Gasteiger partial charge in [-0.15, -0.1) is 0 Å². The van der Waals surface area contributed by atoms with Gasteiger partial charge in [0.1, 0.15) is 0 Å². The van der Waals surface area contributed by atoms with Gasteiger partial charge in [0.15, 0.2) is 0 Å². The normalized spacial score (nSPS) is 20.1. The molecular formula is C15H19NO4S. The fourth-order valence-electron chi connectivity index (χ4n) is 2.41. The number of nitrogens with zero attached hydrogens (tertiary/aromatic N) is 1. The summed E-state index contributed by atoms with van der Waals surface area (Å²) in [6.45, 7) is 0.875. The average molecular weight is 309 g/mol. The van der Waals surface area contributed by atoms with Crippen LogP contribution >= 0.6 is 0 Å². The van der Waals surface area contributed by atoms with Crippen molar-refractivity contribution >= 4 is 22.1 Å². The summed E-state index contributed by atoms with van der Waals surface area (Å²) < 4.78 is 25.9. The van der Waals surface area contributed by atoms with Crippen molar-refractivity contribution in [1.29, 1.82) is 0 Å². The van der Waals surface area contributed by atoms with Crippen LogP contribution in [0, 0.1) is 5.92 Å². The highest BCUT2D eigenvalue weighted by atomic mass is 32.2. The predicted molar refractivity (Wildman–Crippen MR) is 80.9 cm³/mol. The van der Waals surface area contributed by atoms with E-state index >= 15 is 0 Å². The number of sulfonamides is 1. The second-order valence-electron chi connectivity index (χ2n) is 5.20. The van der Waals surface area contributed by atoms with Crippen LogP contribution in [-0.2, 0) is 14.8 Å². The fourth-order valence-corrected chi connectivity index (χ4v) is 3.69. The molecule has 1 saturated heterocycles. The molecule has 1 N–H and O–H groups in total. The number of aliphatic carboxylic acids is 1. The van der Waals surface area contributed by atoms with Gasteiger partial charge in [-0.05, 0) is 30.4 Å². The number of rotatable bonds is 6. The van der Waals surface area contributed by atoms with Crippen molar-refractivity contribution < 1.29 is 18.3 Å². The molecule has 1 heterocycles. The van der Waals surface area contributed by atoms with Crippen LogP contribution in [0.15, 0.2) is 35.7 Å². The molecule has 1 fully saturated rings. The van der Waals surface area contributed by atoms with E-state index in [0.29, 0.717) is 19.5 Å². The molecule has 2 rings (SSSR count). The Morgan fingerprint density at radius 1 is 1.33 bits per heavy atom. The molecule has 0 bridgehead atoms. The Balaban J connectivity index is 1.95. The Morgan fingerprint density at radius 2 is 2.05 bits per heavy atom. The quantitative estimate of drug-likeness (QED) is 0.874. The molecular weight excluding hydrogens is 290 g/mol.